The van der Waals surface area contributed by atoms with Crippen LogP contribution in [0.5, 0.6) is 5.75 Å². The van der Waals surface area contributed by atoms with E-state index >= 15 is 0 Å². The number of ether oxygens (including phenoxy) is 1. The molecule has 24 heavy (non-hydrogen) atoms. The molecule has 0 fully saturated rings. The van der Waals surface area contributed by atoms with Crippen molar-refractivity contribution in [2.75, 3.05) is 7.11 Å². The lowest BCUT2D eigenvalue weighted by Crippen LogP contribution is -2.21. The molecule has 0 unspecified atom stereocenters. The summed E-state index contributed by atoms with van der Waals surface area (Å²) in [6, 6.07) is 6.97. The number of para-hydroxylation sites is 1. The lowest BCUT2D eigenvalue weighted by Gasteiger charge is -2.20. The van der Waals surface area contributed by atoms with Crippen molar-refractivity contribution in [1.29, 1.82) is 0 Å². The zero-order chi connectivity index (χ0) is 17.9. The normalized spacial score (nSPS) is 14.6. The highest BCUT2D eigenvalue weighted by atomic mass is 16.5. The van der Waals surface area contributed by atoms with Crippen LogP contribution in [0.4, 0.5) is 0 Å². The predicted octanol–water partition coefficient (Wildman–Crippen LogP) is 4.02. The second-order valence-electron chi connectivity index (χ2n) is 6.38. The molecule has 0 radical (unpaired) electrons. The minimum Gasteiger partial charge on any atom is -0.496 e. The number of rotatable bonds is 4. The van der Waals surface area contributed by atoms with Gasteiger partial charge in [-0.3, -0.25) is 9.59 Å². The maximum Gasteiger partial charge on any atom is 0.281 e. The van der Waals surface area contributed by atoms with E-state index in [0.29, 0.717) is 28.2 Å². The molecule has 0 heterocycles. The van der Waals surface area contributed by atoms with Gasteiger partial charge in [0.2, 0.25) is 0 Å². The van der Waals surface area contributed by atoms with E-state index < -0.39 is 0 Å². The van der Waals surface area contributed by atoms with Crippen LogP contribution in [0.25, 0.3) is 0 Å². The number of carbonyl (C=O) groups is 2. The van der Waals surface area contributed by atoms with Gasteiger partial charge in [0.25, 0.3) is 5.91 Å². The van der Waals surface area contributed by atoms with Crippen molar-refractivity contribution in [2.24, 2.45) is 16.8 Å². The Morgan fingerprint density at radius 1 is 1.00 bits per heavy atom. The Balaban J connectivity index is 2.46. The first-order valence-electron chi connectivity index (χ1n) is 8.09. The monoisotopic (exact) mass is 325 g/mol. The van der Waals surface area contributed by atoms with Gasteiger partial charge in [0.05, 0.1) is 18.4 Å². The van der Waals surface area contributed by atoms with Gasteiger partial charge < -0.3 is 4.74 Å². The first-order valence-corrected chi connectivity index (χ1v) is 8.09. The van der Waals surface area contributed by atoms with Gasteiger partial charge in [-0.25, -0.2) is 4.99 Å². The SMILES string of the molecule is COc1ccccc1C(=O)N=C1C=C(C(C)C)C(=O)C(C(C)C)=C1. The highest BCUT2D eigenvalue weighted by molar-refractivity contribution is 6.24. The molecule has 1 aliphatic rings. The van der Waals surface area contributed by atoms with Crippen molar-refractivity contribution in [2.45, 2.75) is 27.7 Å². The molecule has 4 heteroatoms. The fourth-order valence-electron chi connectivity index (χ4n) is 2.58. The summed E-state index contributed by atoms with van der Waals surface area (Å²) in [6.45, 7) is 7.86. The van der Waals surface area contributed by atoms with Crippen LogP contribution in [0, 0.1) is 11.8 Å². The number of aliphatic imine (C=N–C) groups is 1. The molecule has 4 nitrogen and oxygen atoms in total. The van der Waals surface area contributed by atoms with E-state index in [1.54, 1.807) is 36.4 Å². The Kier molecular flexibility index (Phi) is 5.50. The van der Waals surface area contributed by atoms with E-state index in [9.17, 15) is 9.59 Å². The molecular weight excluding hydrogens is 302 g/mol. The number of nitrogens with zero attached hydrogens (tertiary/aromatic N) is 1. The summed E-state index contributed by atoms with van der Waals surface area (Å²) in [5.74, 6) is 0.303. The molecule has 1 amide bonds. The van der Waals surface area contributed by atoms with Crippen molar-refractivity contribution in [3.05, 3.63) is 53.1 Å². The summed E-state index contributed by atoms with van der Waals surface area (Å²) < 4.78 is 5.22. The number of methoxy groups -OCH3 is 1. The van der Waals surface area contributed by atoms with E-state index in [4.69, 9.17) is 4.74 Å². The first-order chi connectivity index (χ1) is 11.3. The number of ketones is 1. The Bertz CT molecular complexity index is 722. The molecule has 0 bridgehead atoms. The molecule has 0 saturated heterocycles. The smallest absolute Gasteiger partial charge is 0.281 e. The summed E-state index contributed by atoms with van der Waals surface area (Å²) in [6.07, 6.45) is 3.43. The molecule has 126 valence electrons. The van der Waals surface area contributed by atoms with Gasteiger partial charge >= 0.3 is 0 Å². The van der Waals surface area contributed by atoms with Crippen LogP contribution < -0.4 is 4.74 Å². The second kappa shape index (κ2) is 7.39. The van der Waals surface area contributed by atoms with Crippen LogP contribution in [0.1, 0.15) is 38.1 Å². The Hall–Kier alpha value is -2.49. The van der Waals surface area contributed by atoms with Crippen LogP contribution in [-0.2, 0) is 4.79 Å². The maximum atomic E-state index is 12.5. The zero-order valence-corrected chi connectivity index (χ0v) is 14.8. The largest absolute Gasteiger partial charge is 0.496 e. The molecule has 0 spiro atoms. The van der Waals surface area contributed by atoms with Crippen LogP contribution in [0.15, 0.2) is 52.6 Å². The Morgan fingerprint density at radius 2 is 1.54 bits per heavy atom. The fraction of sp³-hybridized carbons (Fsp3) is 0.350. The van der Waals surface area contributed by atoms with Gasteiger partial charge in [0.15, 0.2) is 5.78 Å². The van der Waals surface area contributed by atoms with Crippen LogP contribution in [0.3, 0.4) is 0 Å². The van der Waals surface area contributed by atoms with E-state index in [-0.39, 0.29) is 23.5 Å². The summed E-state index contributed by atoms with van der Waals surface area (Å²) in [7, 11) is 1.52. The average molecular weight is 325 g/mol. The molecule has 1 aromatic carbocycles. The molecule has 0 saturated carbocycles. The average Bonchev–Trinajstić information content (AvgIpc) is 2.55. The van der Waals surface area contributed by atoms with Crippen molar-refractivity contribution in [3.8, 4) is 5.75 Å². The molecule has 0 aliphatic heterocycles. The molecule has 2 rings (SSSR count). The lowest BCUT2D eigenvalue weighted by atomic mass is 9.84. The minimum absolute atomic E-state index is 0.0451. The van der Waals surface area contributed by atoms with Crippen molar-refractivity contribution in [3.63, 3.8) is 0 Å². The molecule has 1 aromatic rings. The molecule has 0 N–H and O–H groups in total. The number of allylic oxidation sites excluding steroid dienone is 4. The van der Waals surface area contributed by atoms with Gasteiger partial charge in [-0.2, -0.15) is 0 Å². The first kappa shape index (κ1) is 17.9. The molecule has 0 atom stereocenters. The standard InChI is InChI=1S/C20H23NO3/c1-12(2)16-10-14(11-17(13(3)4)19(16)22)21-20(23)15-8-6-7-9-18(15)24-5/h6-13H,1-5H3. The van der Waals surface area contributed by atoms with E-state index in [2.05, 4.69) is 4.99 Å². The quantitative estimate of drug-likeness (QED) is 0.786. The Morgan fingerprint density at radius 3 is 2.04 bits per heavy atom. The van der Waals surface area contributed by atoms with Crippen LogP contribution in [-0.4, -0.2) is 24.5 Å². The summed E-state index contributed by atoms with van der Waals surface area (Å²) in [5.41, 5.74) is 2.29. The minimum atomic E-state index is -0.379. The van der Waals surface area contributed by atoms with E-state index in [1.165, 1.54) is 7.11 Å². The zero-order valence-electron chi connectivity index (χ0n) is 14.8. The number of amides is 1. The summed E-state index contributed by atoms with van der Waals surface area (Å²) in [5, 5.41) is 0. The van der Waals surface area contributed by atoms with Gasteiger partial charge in [-0.05, 0) is 36.1 Å². The topological polar surface area (TPSA) is 55.7 Å². The number of hydrogen-bond donors (Lipinski definition) is 0. The van der Waals surface area contributed by atoms with E-state index in [1.807, 2.05) is 27.7 Å². The highest BCUT2D eigenvalue weighted by Gasteiger charge is 2.25. The van der Waals surface area contributed by atoms with Gasteiger partial charge in [-0.15, -0.1) is 0 Å². The van der Waals surface area contributed by atoms with E-state index in [0.717, 1.165) is 0 Å². The van der Waals surface area contributed by atoms with Gasteiger partial charge in [-0.1, -0.05) is 39.8 Å². The third-order valence-electron chi connectivity index (χ3n) is 3.94. The Labute approximate surface area is 142 Å². The van der Waals surface area contributed by atoms with Crippen molar-refractivity contribution < 1.29 is 14.3 Å². The molecular formula is C20H23NO3. The van der Waals surface area contributed by atoms with Crippen molar-refractivity contribution in [1.82, 2.24) is 0 Å². The lowest BCUT2D eigenvalue weighted by molar-refractivity contribution is -0.113. The van der Waals surface area contributed by atoms with Crippen LogP contribution in [0.2, 0.25) is 0 Å². The van der Waals surface area contributed by atoms with Gasteiger partial charge in [0.1, 0.15) is 5.75 Å². The summed E-state index contributed by atoms with van der Waals surface area (Å²) in [4.78, 5) is 29.2. The molecule has 0 aromatic heterocycles. The summed E-state index contributed by atoms with van der Waals surface area (Å²) >= 11 is 0. The third-order valence-corrected chi connectivity index (χ3v) is 3.94. The third kappa shape index (κ3) is 3.70. The second-order valence-corrected chi connectivity index (χ2v) is 6.38. The number of benzene rings is 1. The number of carbonyl (C=O) groups excluding carboxylic acids is 2. The van der Waals surface area contributed by atoms with Crippen molar-refractivity contribution >= 4 is 17.4 Å². The highest BCUT2D eigenvalue weighted by Crippen LogP contribution is 2.25. The number of Topliss-reactive ketones (excluding diaryl/α,β-unsaturated/α-hetero) is 1. The van der Waals surface area contributed by atoms with Gasteiger partial charge in [0, 0.05) is 11.1 Å². The molecule has 1 aliphatic carbocycles. The predicted molar refractivity (Wildman–Crippen MR) is 95.6 cm³/mol. The maximum absolute atomic E-state index is 12.5. The fourth-order valence-corrected chi connectivity index (χ4v) is 2.58. The van der Waals surface area contributed by atoms with Crippen LogP contribution >= 0.6 is 0 Å². The number of hydrogen-bond acceptors (Lipinski definition) is 3.